The maximum absolute atomic E-state index is 9.11. The van der Waals surface area contributed by atoms with Gasteiger partial charge in [-0.15, -0.1) is 0 Å². The first-order valence-electron chi connectivity index (χ1n) is 4.59. The third-order valence-corrected chi connectivity index (χ3v) is 2.38. The third-order valence-electron chi connectivity index (χ3n) is 2.38. The minimum absolute atomic E-state index is 0.277. The highest BCUT2D eigenvalue weighted by Gasteiger charge is 2.18. The zero-order valence-electron chi connectivity index (χ0n) is 7.77. The summed E-state index contributed by atoms with van der Waals surface area (Å²) in [4.78, 5) is 0. The number of nitrogens with one attached hydrogen (secondary N) is 1. The number of hydrazone groups is 1. The molecule has 0 spiro atoms. The summed E-state index contributed by atoms with van der Waals surface area (Å²) >= 11 is 0. The summed E-state index contributed by atoms with van der Waals surface area (Å²) in [5.74, 6) is 1.23. The molecule has 4 nitrogen and oxygen atoms in total. The second-order valence-electron chi connectivity index (χ2n) is 3.47. The van der Waals surface area contributed by atoms with Crippen LogP contribution < -0.4 is 11.2 Å². The number of aromatic hydroxyl groups is 1. The lowest BCUT2D eigenvalue weighted by Gasteiger charge is -2.08. The van der Waals surface area contributed by atoms with Crippen LogP contribution in [-0.4, -0.2) is 17.5 Å². The van der Waals surface area contributed by atoms with E-state index in [0.29, 0.717) is 11.6 Å². The van der Waals surface area contributed by atoms with Gasteiger partial charge in [-0.25, -0.2) is 0 Å². The van der Waals surface area contributed by atoms with Crippen molar-refractivity contribution in [3.63, 3.8) is 0 Å². The molecule has 1 aromatic carbocycles. The molecule has 0 aromatic heterocycles. The summed E-state index contributed by atoms with van der Waals surface area (Å²) in [5.41, 5.74) is 9.72. The monoisotopic (exact) mass is 191 g/mol. The first-order chi connectivity index (χ1) is 6.75. The minimum Gasteiger partial charge on any atom is -0.508 e. The molecular weight excluding hydrogens is 178 g/mol. The molecule has 0 amide bonds. The maximum atomic E-state index is 9.11. The Bertz CT molecular complexity index is 345. The van der Waals surface area contributed by atoms with E-state index in [9.17, 15) is 0 Å². The molecule has 0 bridgehead atoms. The van der Waals surface area contributed by atoms with Gasteiger partial charge < -0.3 is 16.3 Å². The number of hydrogen-bond donors (Lipinski definition) is 3. The molecule has 0 fully saturated rings. The van der Waals surface area contributed by atoms with Crippen molar-refractivity contribution in [2.24, 2.45) is 16.8 Å². The number of hydrogen-bond acceptors (Lipinski definition) is 4. The fourth-order valence-corrected chi connectivity index (χ4v) is 1.54. The molecule has 74 valence electrons. The Balaban J connectivity index is 2.04. The predicted molar refractivity (Wildman–Crippen MR) is 54.9 cm³/mol. The lowest BCUT2D eigenvalue weighted by Crippen LogP contribution is -2.24. The van der Waals surface area contributed by atoms with E-state index in [1.165, 1.54) is 0 Å². The van der Waals surface area contributed by atoms with Crippen LogP contribution in [0.1, 0.15) is 5.56 Å². The molecule has 1 aromatic rings. The average Bonchev–Trinajstić information content (AvgIpc) is 2.56. The van der Waals surface area contributed by atoms with Crippen LogP contribution in [-0.2, 0) is 6.42 Å². The standard InChI is InChI=1S/C10H13N3O/c11-10-8(6-12-13-10)5-7-1-3-9(14)4-2-7/h1-4,8,12,14H,5-6H2,(H2,11,13). The Morgan fingerprint density at radius 2 is 2.14 bits per heavy atom. The zero-order valence-corrected chi connectivity index (χ0v) is 7.77. The first kappa shape index (κ1) is 8.87. The molecule has 1 unspecified atom stereocenters. The van der Waals surface area contributed by atoms with Crippen LogP contribution in [0, 0.1) is 5.92 Å². The second kappa shape index (κ2) is 3.57. The number of nitrogens with zero attached hydrogens (tertiary/aromatic N) is 1. The van der Waals surface area contributed by atoms with Crippen molar-refractivity contribution in [2.45, 2.75) is 6.42 Å². The summed E-state index contributed by atoms with van der Waals surface area (Å²) < 4.78 is 0. The summed E-state index contributed by atoms with van der Waals surface area (Å²) in [5, 5.41) is 13.0. The normalized spacial score (nSPS) is 20.3. The van der Waals surface area contributed by atoms with Crippen LogP contribution >= 0.6 is 0 Å². The Labute approximate surface area is 82.4 Å². The maximum Gasteiger partial charge on any atom is 0.124 e. The van der Waals surface area contributed by atoms with Gasteiger partial charge >= 0.3 is 0 Å². The fourth-order valence-electron chi connectivity index (χ4n) is 1.54. The van der Waals surface area contributed by atoms with Gasteiger partial charge in [0.1, 0.15) is 11.6 Å². The molecule has 4 heteroatoms. The van der Waals surface area contributed by atoms with Crippen LogP contribution in [0.3, 0.4) is 0 Å². The Morgan fingerprint density at radius 3 is 2.71 bits per heavy atom. The Morgan fingerprint density at radius 1 is 1.43 bits per heavy atom. The number of benzene rings is 1. The van der Waals surface area contributed by atoms with E-state index >= 15 is 0 Å². The first-order valence-corrected chi connectivity index (χ1v) is 4.59. The number of amidine groups is 1. The molecule has 1 heterocycles. The quantitative estimate of drug-likeness (QED) is 0.634. The number of rotatable bonds is 2. The van der Waals surface area contributed by atoms with Crippen molar-refractivity contribution in [3.05, 3.63) is 29.8 Å². The zero-order chi connectivity index (χ0) is 9.97. The second-order valence-corrected chi connectivity index (χ2v) is 3.47. The molecule has 0 saturated carbocycles. The molecule has 0 radical (unpaired) electrons. The lowest BCUT2D eigenvalue weighted by atomic mass is 9.99. The summed E-state index contributed by atoms with van der Waals surface area (Å²) in [6.45, 7) is 0.798. The number of phenolic OH excluding ortho intramolecular Hbond substituents is 1. The van der Waals surface area contributed by atoms with Gasteiger partial charge in [0.15, 0.2) is 0 Å². The number of nitrogens with two attached hydrogens (primary N) is 1. The SMILES string of the molecule is NC1=NNCC1Cc1ccc(O)cc1. The molecule has 2 rings (SSSR count). The predicted octanol–water partition coefficient (Wildman–Crippen LogP) is 0.426. The van der Waals surface area contributed by atoms with E-state index in [4.69, 9.17) is 10.8 Å². The van der Waals surface area contributed by atoms with Crippen molar-refractivity contribution >= 4 is 5.84 Å². The largest absolute Gasteiger partial charge is 0.508 e. The molecule has 14 heavy (non-hydrogen) atoms. The third kappa shape index (κ3) is 1.79. The smallest absolute Gasteiger partial charge is 0.124 e. The summed E-state index contributed by atoms with van der Waals surface area (Å²) in [6.07, 6.45) is 0.864. The van der Waals surface area contributed by atoms with Crippen molar-refractivity contribution < 1.29 is 5.11 Å². The molecule has 4 N–H and O–H groups in total. The highest BCUT2D eigenvalue weighted by atomic mass is 16.3. The molecule has 0 saturated heterocycles. The van der Waals surface area contributed by atoms with Crippen molar-refractivity contribution in [3.8, 4) is 5.75 Å². The van der Waals surface area contributed by atoms with Crippen molar-refractivity contribution in [1.82, 2.24) is 5.43 Å². The molecule has 1 aliphatic rings. The van der Waals surface area contributed by atoms with E-state index in [1.54, 1.807) is 12.1 Å². The van der Waals surface area contributed by atoms with E-state index in [1.807, 2.05) is 12.1 Å². The number of phenols is 1. The Hall–Kier alpha value is -1.71. The van der Waals surface area contributed by atoms with E-state index in [0.717, 1.165) is 18.5 Å². The Kier molecular flexibility index (Phi) is 2.26. The molecule has 1 atom stereocenters. The lowest BCUT2D eigenvalue weighted by molar-refractivity contribution is 0.475. The van der Waals surface area contributed by atoms with Crippen LogP contribution in [0.25, 0.3) is 0 Å². The fraction of sp³-hybridized carbons (Fsp3) is 0.300. The van der Waals surface area contributed by atoms with Crippen LogP contribution in [0.4, 0.5) is 0 Å². The van der Waals surface area contributed by atoms with Crippen LogP contribution in [0.2, 0.25) is 0 Å². The molecular formula is C10H13N3O. The van der Waals surface area contributed by atoms with Gasteiger partial charge in [0.2, 0.25) is 0 Å². The van der Waals surface area contributed by atoms with Gasteiger partial charge in [0.05, 0.1) is 0 Å². The van der Waals surface area contributed by atoms with Gasteiger partial charge in [0.25, 0.3) is 0 Å². The van der Waals surface area contributed by atoms with Crippen molar-refractivity contribution in [1.29, 1.82) is 0 Å². The van der Waals surface area contributed by atoms with E-state index in [2.05, 4.69) is 10.5 Å². The van der Waals surface area contributed by atoms with Gasteiger partial charge in [-0.2, -0.15) is 5.10 Å². The van der Waals surface area contributed by atoms with Gasteiger partial charge in [-0.1, -0.05) is 12.1 Å². The van der Waals surface area contributed by atoms with Gasteiger partial charge in [0, 0.05) is 12.5 Å². The van der Waals surface area contributed by atoms with Gasteiger partial charge in [-0.05, 0) is 24.1 Å². The molecule has 1 aliphatic heterocycles. The van der Waals surface area contributed by atoms with Crippen LogP contribution in [0.15, 0.2) is 29.4 Å². The highest BCUT2D eigenvalue weighted by Crippen LogP contribution is 2.14. The summed E-state index contributed by atoms with van der Waals surface area (Å²) in [6, 6.07) is 7.18. The van der Waals surface area contributed by atoms with Gasteiger partial charge in [-0.3, -0.25) is 0 Å². The molecule has 0 aliphatic carbocycles. The van der Waals surface area contributed by atoms with Crippen LogP contribution in [0.5, 0.6) is 5.75 Å². The topological polar surface area (TPSA) is 70.6 Å². The average molecular weight is 191 g/mol. The minimum atomic E-state index is 0.277. The summed E-state index contributed by atoms with van der Waals surface area (Å²) in [7, 11) is 0. The van der Waals surface area contributed by atoms with E-state index in [-0.39, 0.29) is 5.92 Å². The highest BCUT2D eigenvalue weighted by molar-refractivity contribution is 5.84. The van der Waals surface area contributed by atoms with E-state index < -0.39 is 0 Å². The van der Waals surface area contributed by atoms with Crippen molar-refractivity contribution in [2.75, 3.05) is 6.54 Å².